The second-order valence-electron chi connectivity index (χ2n) is 5.50. The minimum Gasteiger partial charge on any atom is -0.508 e. The molecule has 1 aliphatic rings. The second-order valence-corrected chi connectivity index (χ2v) is 5.50. The van der Waals surface area contributed by atoms with Crippen molar-refractivity contribution in [3.63, 3.8) is 0 Å². The predicted molar refractivity (Wildman–Crippen MR) is 81.0 cm³/mol. The summed E-state index contributed by atoms with van der Waals surface area (Å²) in [5.74, 6) is 0.514. The number of carbonyl (C=O) groups is 1. The molecule has 1 aliphatic heterocycles. The number of hydrogen-bond donors (Lipinski definition) is 1. The maximum absolute atomic E-state index is 12.5. The normalized spacial score (nSPS) is 18.6. The number of ketones is 1. The van der Waals surface area contributed by atoms with E-state index >= 15 is 0 Å². The van der Waals surface area contributed by atoms with Crippen molar-refractivity contribution in [1.29, 1.82) is 0 Å². The van der Waals surface area contributed by atoms with Gasteiger partial charge in [-0.2, -0.15) is 0 Å². The first-order valence-corrected chi connectivity index (χ1v) is 7.28. The van der Waals surface area contributed by atoms with Gasteiger partial charge in [0, 0.05) is 13.0 Å². The molecule has 1 heterocycles. The fraction of sp³-hybridized carbons (Fsp3) is 0.471. The smallest absolute Gasteiger partial charge is 0.143 e. The molecule has 0 spiro atoms. The van der Waals surface area contributed by atoms with Gasteiger partial charge in [-0.15, -0.1) is 6.58 Å². The fourth-order valence-electron chi connectivity index (χ4n) is 3.17. The summed E-state index contributed by atoms with van der Waals surface area (Å²) in [4.78, 5) is 14.9. The summed E-state index contributed by atoms with van der Waals surface area (Å²) in [7, 11) is 0. The van der Waals surface area contributed by atoms with Crippen molar-refractivity contribution in [3.8, 4) is 5.75 Å². The first-order valence-electron chi connectivity index (χ1n) is 7.28. The van der Waals surface area contributed by atoms with Crippen molar-refractivity contribution in [2.24, 2.45) is 0 Å². The maximum atomic E-state index is 12.5. The molecule has 0 saturated carbocycles. The van der Waals surface area contributed by atoms with Gasteiger partial charge in [0.2, 0.25) is 0 Å². The molecule has 108 valence electrons. The minimum absolute atomic E-state index is 0.235. The number of carbonyl (C=O) groups excluding carboxylic acids is 1. The molecular formula is C17H23NO2. The number of aromatic hydroxyl groups is 1. The van der Waals surface area contributed by atoms with Crippen LogP contribution in [-0.2, 0) is 10.2 Å². The van der Waals surface area contributed by atoms with Crippen LogP contribution >= 0.6 is 0 Å². The van der Waals surface area contributed by atoms with Gasteiger partial charge in [-0.25, -0.2) is 0 Å². The van der Waals surface area contributed by atoms with Crippen LogP contribution in [-0.4, -0.2) is 35.4 Å². The SMILES string of the molecule is C=CCN1CCC(C(=O)CC)(c2cccc(O)c2)CC1. The van der Waals surface area contributed by atoms with Crippen molar-refractivity contribution in [3.05, 3.63) is 42.5 Å². The van der Waals surface area contributed by atoms with E-state index in [1.807, 2.05) is 25.1 Å². The van der Waals surface area contributed by atoms with Crippen LogP contribution in [0.5, 0.6) is 5.75 Å². The lowest BCUT2D eigenvalue weighted by atomic mass is 9.69. The zero-order valence-electron chi connectivity index (χ0n) is 12.1. The third-order valence-electron chi connectivity index (χ3n) is 4.35. The number of hydrogen-bond acceptors (Lipinski definition) is 3. The summed E-state index contributed by atoms with van der Waals surface area (Å²) < 4.78 is 0. The van der Waals surface area contributed by atoms with Crippen molar-refractivity contribution in [1.82, 2.24) is 4.90 Å². The van der Waals surface area contributed by atoms with Gasteiger partial charge in [0.1, 0.15) is 11.5 Å². The zero-order valence-corrected chi connectivity index (χ0v) is 12.1. The fourth-order valence-corrected chi connectivity index (χ4v) is 3.17. The quantitative estimate of drug-likeness (QED) is 0.839. The van der Waals surface area contributed by atoms with Crippen LogP contribution in [0, 0.1) is 0 Å². The van der Waals surface area contributed by atoms with Crippen LogP contribution in [0.15, 0.2) is 36.9 Å². The molecule has 0 amide bonds. The molecule has 0 radical (unpaired) electrons. The molecule has 20 heavy (non-hydrogen) atoms. The Kier molecular flexibility index (Phi) is 4.61. The summed E-state index contributed by atoms with van der Waals surface area (Å²) in [5.41, 5.74) is 0.535. The van der Waals surface area contributed by atoms with Crippen LogP contribution in [0.2, 0.25) is 0 Å². The van der Waals surface area contributed by atoms with Crippen LogP contribution in [0.4, 0.5) is 0 Å². The molecular weight excluding hydrogens is 250 g/mol. The second kappa shape index (κ2) is 6.23. The average molecular weight is 273 g/mol. The first kappa shape index (κ1) is 14.8. The lowest BCUT2D eigenvalue weighted by Gasteiger charge is -2.41. The molecule has 0 unspecified atom stereocenters. The average Bonchev–Trinajstić information content (AvgIpc) is 2.48. The standard InChI is InChI=1S/C17H23NO2/c1-3-10-18-11-8-17(9-12-18,16(20)4-2)14-6-5-7-15(19)13-14/h3,5-7,13,19H,1,4,8-12H2,2H3. The number of benzene rings is 1. The number of phenols is 1. The third-order valence-corrected chi connectivity index (χ3v) is 4.35. The summed E-state index contributed by atoms with van der Waals surface area (Å²) in [6.07, 6.45) is 4.08. The van der Waals surface area contributed by atoms with E-state index in [4.69, 9.17) is 0 Å². The van der Waals surface area contributed by atoms with Gasteiger partial charge >= 0.3 is 0 Å². The molecule has 1 N–H and O–H groups in total. The van der Waals surface area contributed by atoms with Crippen LogP contribution in [0.1, 0.15) is 31.7 Å². The maximum Gasteiger partial charge on any atom is 0.143 e. The summed E-state index contributed by atoms with van der Waals surface area (Å²) in [6, 6.07) is 7.19. The Bertz CT molecular complexity index is 488. The Morgan fingerprint density at radius 1 is 1.45 bits per heavy atom. The molecule has 0 aromatic heterocycles. The van der Waals surface area contributed by atoms with Crippen molar-refractivity contribution in [2.45, 2.75) is 31.6 Å². The number of nitrogens with zero attached hydrogens (tertiary/aromatic N) is 1. The Balaban J connectivity index is 2.29. The largest absolute Gasteiger partial charge is 0.508 e. The summed E-state index contributed by atoms with van der Waals surface area (Å²) >= 11 is 0. The Labute approximate surface area is 120 Å². The highest BCUT2D eigenvalue weighted by molar-refractivity contribution is 5.90. The van der Waals surface area contributed by atoms with E-state index in [1.165, 1.54) is 0 Å². The molecule has 3 nitrogen and oxygen atoms in total. The molecule has 3 heteroatoms. The Morgan fingerprint density at radius 3 is 2.70 bits per heavy atom. The van der Waals surface area contributed by atoms with E-state index in [9.17, 15) is 9.90 Å². The van der Waals surface area contributed by atoms with E-state index in [1.54, 1.807) is 12.1 Å². The highest BCUT2D eigenvalue weighted by Crippen LogP contribution is 2.38. The van der Waals surface area contributed by atoms with E-state index < -0.39 is 5.41 Å². The number of rotatable bonds is 5. The van der Waals surface area contributed by atoms with Crippen molar-refractivity contribution < 1.29 is 9.90 Å². The van der Waals surface area contributed by atoms with Gasteiger partial charge in [0.05, 0.1) is 5.41 Å². The molecule has 2 rings (SSSR count). The summed E-state index contributed by atoms with van der Waals surface area (Å²) in [5, 5.41) is 9.71. The zero-order chi connectivity index (χ0) is 14.6. The van der Waals surface area contributed by atoms with Gasteiger partial charge < -0.3 is 5.11 Å². The predicted octanol–water partition coefficient (Wildman–Crippen LogP) is 2.89. The van der Waals surface area contributed by atoms with Crippen LogP contribution < -0.4 is 0 Å². The first-order chi connectivity index (χ1) is 9.62. The molecule has 1 saturated heterocycles. The lowest BCUT2D eigenvalue weighted by Crippen LogP contribution is -2.47. The van der Waals surface area contributed by atoms with E-state index in [0.29, 0.717) is 6.42 Å². The minimum atomic E-state index is -0.425. The lowest BCUT2D eigenvalue weighted by molar-refractivity contribution is -0.126. The topological polar surface area (TPSA) is 40.5 Å². The van der Waals surface area contributed by atoms with E-state index in [2.05, 4.69) is 11.5 Å². The number of phenolic OH excluding ortho intramolecular Hbond substituents is 1. The van der Waals surface area contributed by atoms with Crippen molar-refractivity contribution >= 4 is 5.78 Å². The molecule has 0 atom stereocenters. The van der Waals surface area contributed by atoms with Crippen LogP contribution in [0.25, 0.3) is 0 Å². The Morgan fingerprint density at radius 2 is 2.15 bits per heavy atom. The van der Waals surface area contributed by atoms with Gasteiger partial charge in [-0.3, -0.25) is 9.69 Å². The highest BCUT2D eigenvalue weighted by atomic mass is 16.3. The van der Waals surface area contributed by atoms with Crippen LogP contribution in [0.3, 0.4) is 0 Å². The molecule has 0 bridgehead atoms. The number of piperidine rings is 1. The molecule has 1 fully saturated rings. The molecule has 1 aromatic carbocycles. The number of likely N-dealkylation sites (tertiary alicyclic amines) is 1. The molecule has 1 aromatic rings. The number of Topliss-reactive ketones (excluding diaryl/α,β-unsaturated/α-hetero) is 1. The van der Waals surface area contributed by atoms with Gasteiger partial charge in [0.15, 0.2) is 0 Å². The van der Waals surface area contributed by atoms with E-state index in [0.717, 1.165) is 38.0 Å². The van der Waals surface area contributed by atoms with Gasteiger partial charge in [0.25, 0.3) is 0 Å². The third kappa shape index (κ3) is 2.78. The Hall–Kier alpha value is -1.61. The van der Waals surface area contributed by atoms with E-state index in [-0.39, 0.29) is 11.5 Å². The monoisotopic (exact) mass is 273 g/mol. The van der Waals surface area contributed by atoms with Crippen molar-refractivity contribution in [2.75, 3.05) is 19.6 Å². The highest BCUT2D eigenvalue weighted by Gasteiger charge is 2.41. The van der Waals surface area contributed by atoms with Gasteiger partial charge in [-0.05, 0) is 43.6 Å². The molecule has 0 aliphatic carbocycles. The summed E-state index contributed by atoms with van der Waals surface area (Å²) in [6.45, 7) is 8.35. The van der Waals surface area contributed by atoms with Gasteiger partial charge in [-0.1, -0.05) is 25.1 Å².